The lowest BCUT2D eigenvalue weighted by Gasteiger charge is -2.12. The SMILES string of the molecule is O=[N+]([O-])c1cc([N+](=O)[O-])c2nc(-c3ccccc3)c(Nc3ccc(F)cc3)nc2c1. The number of aromatic nitrogens is 2. The Kier molecular flexibility index (Phi) is 4.72. The molecule has 0 saturated heterocycles. The molecule has 9 nitrogen and oxygen atoms in total. The zero-order valence-corrected chi connectivity index (χ0v) is 15.2. The lowest BCUT2D eigenvalue weighted by Crippen LogP contribution is -2.03. The Balaban J connectivity index is 1.98. The molecular weight excluding hydrogens is 393 g/mol. The maximum Gasteiger partial charge on any atom is 0.303 e. The molecule has 0 radical (unpaired) electrons. The fraction of sp³-hybridized carbons (Fsp3) is 0. The number of halogens is 1. The molecule has 0 fully saturated rings. The minimum Gasteiger partial charge on any atom is -0.338 e. The van der Waals surface area contributed by atoms with E-state index in [0.717, 1.165) is 12.1 Å². The monoisotopic (exact) mass is 405 g/mol. The Morgan fingerprint density at radius 3 is 2.20 bits per heavy atom. The molecular formula is C20H12FN5O4. The zero-order valence-electron chi connectivity index (χ0n) is 15.2. The number of hydrogen-bond donors (Lipinski definition) is 1. The summed E-state index contributed by atoms with van der Waals surface area (Å²) in [4.78, 5) is 30.0. The van der Waals surface area contributed by atoms with Gasteiger partial charge in [0.05, 0.1) is 15.9 Å². The van der Waals surface area contributed by atoms with Crippen molar-refractivity contribution < 1.29 is 14.2 Å². The molecule has 4 aromatic rings. The first kappa shape index (κ1) is 18.9. The number of nitro groups is 2. The predicted molar refractivity (Wildman–Crippen MR) is 108 cm³/mol. The van der Waals surface area contributed by atoms with Gasteiger partial charge >= 0.3 is 5.69 Å². The molecule has 0 aliphatic heterocycles. The molecule has 1 N–H and O–H groups in total. The van der Waals surface area contributed by atoms with Gasteiger partial charge in [-0.2, -0.15) is 0 Å². The third-order valence-electron chi connectivity index (χ3n) is 4.30. The summed E-state index contributed by atoms with van der Waals surface area (Å²) < 4.78 is 13.2. The first-order valence-electron chi connectivity index (χ1n) is 8.65. The van der Waals surface area contributed by atoms with Crippen molar-refractivity contribution in [1.82, 2.24) is 9.97 Å². The van der Waals surface area contributed by atoms with Gasteiger partial charge in [-0.25, -0.2) is 14.4 Å². The molecule has 0 unspecified atom stereocenters. The second kappa shape index (κ2) is 7.51. The summed E-state index contributed by atoms with van der Waals surface area (Å²) in [6, 6.07) is 16.3. The molecule has 148 valence electrons. The second-order valence-corrected chi connectivity index (χ2v) is 6.27. The van der Waals surface area contributed by atoms with E-state index >= 15 is 0 Å². The van der Waals surface area contributed by atoms with Crippen molar-refractivity contribution in [2.45, 2.75) is 0 Å². The molecule has 4 rings (SSSR count). The zero-order chi connectivity index (χ0) is 21.3. The number of nitrogens with one attached hydrogen (secondary N) is 1. The summed E-state index contributed by atoms with van der Waals surface area (Å²) in [6.07, 6.45) is 0. The van der Waals surface area contributed by atoms with Crippen molar-refractivity contribution >= 4 is 33.9 Å². The number of benzene rings is 3. The topological polar surface area (TPSA) is 124 Å². The maximum atomic E-state index is 13.2. The lowest BCUT2D eigenvalue weighted by atomic mass is 10.1. The van der Waals surface area contributed by atoms with Gasteiger partial charge in [-0.05, 0) is 24.3 Å². The highest BCUT2D eigenvalue weighted by Crippen LogP contribution is 2.34. The Bertz CT molecular complexity index is 1280. The third-order valence-corrected chi connectivity index (χ3v) is 4.30. The van der Waals surface area contributed by atoms with Gasteiger partial charge in [-0.15, -0.1) is 0 Å². The van der Waals surface area contributed by atoms with E-state index in [1.54, 1.807) is 30.3 Å². The lowest BCUT2D eigenvalue weighted by molar-refractivity contribution is -0.393. The molecule has 3 aromatic carbocycles. The van der Waals surface area contributed by atoms with E-state index in [0.29, 0.717) is 16.9 Å². The molecule has 0 aliphatic rings. The summed E-state index contributed by atoms with van der Waals surface area (Å²) in [7, 11) is 0. The number of nitrogens with zero attached hydrogens (tertiary/aromatic N) is 4. The van der Waals surface area contributed by atoms with E-state index in [2.05, 4.69) is 15.3 Å². The first-order chi connectivity index (χ1) is 14.4. The van der Waals surface area contributed by atoms with Crippen LogP contribution in [-0.2, 0) is 0 Å². The van der Waals surface area contributed by atoms with Crippen molar-refractivity contribution in [3.63, 3.8) is 0 Å². The third kappa shape index (κ3) is 3.61. The Morgan fingerprint density at radius 2 is 1.57 bits per heavy atom. The standard InChI is InChI=1S/C20H12FN5O4/c21-13-6-8-14(9-7-13)22-20-18(12-4-2-1-3-5-12)24-19-16(23-20)10-15(25(27)28)11-17(19)26(29)30/h1-11H,(H,22,23). The van der Waals surface area contributed by atoms with Crippen LogP contribution in [0.5, 0.6) is 0 Å². The maximum absolute atomic E-state index is 13.2. The number of fused-ring (bicyclic) bond motifs is 1. The predicted octanol–water partition coefficient (Wildman–Crippen LogP) is 5.00. The van der Waals surface area contributed by atoms with E-state index in [9.17, 15) is 24.6 Å². The van der Waals surface area contributed by atoms with Crippen molar-refractivity contribution in [3.8, 4) is 11.3 Å². The first-order valence-corrected chi connectivity index (χ1v) is 8.65. The summed E-state index contributed by atoms with van der Waals surface area (Å²) >= 11 is 0. The van der Waals surface area contributed by atoms with Crippen LogP contribution in [0.1, 0.15) is 0 Å². The molecule has 0 amide bonds. The van der Waals surface area contributed by atoms with Crippen LogP contribution >= 0.6 is 0 Å². The van der Waals surface area contributed by atoms with Crippen molar-refractivity contribution in [3.05, 3.63) is 92.8 Å². The minimum absolute atomic E-state index is 0.0137. The normalized spacial score (nSPS) is 10.7. The molecule has 0 spiro atoms. The highest BCUT2D eigenvalue weighted by Gasteiger charge is 2.24. The van der Waals surface area contributed by atoms with Gasteiger partial charge in [0.1, 0.15) is 17.0 Å². The summed E-state index contributed by atoms with van der Waals surface area (Å²) in [5.74, 6) is -0.199. The molecule has 1 aromatic heterocycles. The Hall–Kier alpha value is -4.47. The van der Waals surface area contributed by atoms with Crippen LogP contribution in [0.4, 0.5) is 27.3 Å². The number of nitro benzene ring substituents is 2. The quantitative estimate of drug-likeness (QED) is 0.366. The molecule has 0 bridgehead atoms. The van der Waals surface area contributed by atoms with Crippen LogP contribution in [0.3, 0.4) is 0 Å². The van der Waals surface area contributed by atoms with Crippen LogP contribution in [0.2, 0.25) is 0 Å². The van der Waals surface area contributed by atoms with E-state index in [1.807, 2.05) is 0 Å². The van der Waals surface area contributed by atoms with Crippen LogP contribution in [0.15, 0.2) is 66.7 Å². The highest BCUT2D eigenvalue weighted by molar-refractivity contribution is 5.91. The average molecular weight is 405 g/mol. The summed E-state index contributed by atoms with van der Waals surface area (Å²) in [5, 5.41) is 25.7. The van der Waals surface area contributed by atoms with Crippen LogP contribution in [0.25, 0.3) is 22.3 Å². The number of anilines is 2. The number of hydrogen-bond acceptors (Lipinski definition) is 7. The van der Waals surface area contributed by atoms with E-state index in [1.165, 1.54) is 24.3 Å². The molecule has 1 heterocycles. The van der Waals surface area contributed by atoms with Gasteiger partial charge in [0.2, 0.25) is 0 Å². The van der Waals surface area contributed by atoms with Crippen LogP contribution in [-0.4, -0.2) is 19.8 Å². The smallest absolute Gasteiger partial charge is 0.303 e. The van der Waals surface area contributed by atoms with Gasteiger partial charge < -0.3 is 5.32 Å². The molecule has 0 saturated carbocycles. The molecule has 0 atom stereocenters. The number of rotatable bonds is 5. The van der Waals surface area contributed by atoms with E-state index in [4.69, 9.17) is 0 Å². The summed E-state index contributed by atoms with van der Waals surface area (Å²) in [6.45, 7) is 0. The largest absolute Gasteiger partial charge is 0.338 e. The Morgan fingerprint density at radius 1 is 0.867 bits per heavy atom. The van der Waals surface area contributed by atoms with Crippen molar-refractivity contribution in [2.24, 2.45) is 0 Å². The van der Waals surface area contributed by atoms with Crippen molar-refractivity contribution in [2.75, 3.05) is 5.32 Å². The van der Waals surface area contributed by atoms with Gasteiger partial charge in [0.25, 0.3) is 5.69 Å². The van der Waals surface area contributed by atoms with E-state index in [-0.39, 0.29) is 16.9 Å². The van der Waals surface area contributed by atoms with Gasteiger partial charge in [0, 0.05) is 17.3 Å². The van der Waals surface area contributed by atoms with Gasteiger partial charge in [-0.3, -0.25) is 20.2 Å². The van der Waals surface area contributed by atoms with Crippen LogP contribution < -0.4 is 5.32 Å². The second-order valence-electron chi connectivity index (χ2n) is 6.27. The average Bonchev–Trinajstić information content (AvgIpc) is 2.74. The molecule has 0 aliphatic carbocycles. The molecule has 30 heavy (non-hydrogen) atoms. The molecule has 10 heteroatoms. The minimum atomic E-state index is -0.730. The fourth-order valence-electron chi connectivity index (χ4n) is 2.93. The summed E-state index contributed by atoms with van der Waals surface area (Å²) in [5.41, 5.74) is 0.367. The van der Waals surface area contributed by atoms with E-state index < -0.39 is 27.0 Å². The van der Waals surface area contributed by atoms with Crippen LogP contribution in [0, 0.1) is 26.0 Å². The Labute approximate surface area is 168 Å². The van der Waals surface area contributed by atoms with Crippen molar-refractivity contribution in [1.29, 1.82) is 0 Å². The number of non-ortho nitro benzene ring substituents is 2. The fourth-order valence-corrected chi connectivity index (χ4v) is 2.93. The van der Waals surface area contributed by atoms with Gasteiger partial charge in [0.15, 0.2) is 11.3 Å². The highest BCUT2D eigenvalue weighted by atomic mass is 19.1. The van der Waals surface area contributed by atoms with Gasteiger partial charge in [-0.1, -0.05) is 30.3 Å².